The van der Waals surface area contributed by atoms with Gasteiger partial charge in [-0.15, -0.1) is 0 Å². The lowest BCUT2D eigenvalue weighted by atomic mass is 10.1. The van der Waals surface area contributed by atoms with Gasteiger partial charge in [-0.2, -0.15) is 4.98 Å². The van der Waals surface area contributed by atoms with Gasteiger partial charge in [0.05, 0.1) is 7.11 Å². The van der Waals surface area contributed by atoms with Crippen LogP contribution in [0.1, 0.15) is 21.8 Å². The smallest absolute Gasteiger partial charge is 0.254 e. The number of halogens is 1. The third-order valence-electron chi connectivity index (χ3n) is 5.41. The molecule has 0 aliphatic carbocycles. The number of methoxy groups -OCH3 is 2. The summed E-state index contributed by atoms with van der Waals surface area (Å²) in [7, 11) is 2.97. The van der Waals surface area contributed by atoms with E-state index in [0.717, 1.165) is 30.8 Å². The van der Waals surface area contributed by atoms with Gasteiger partial charge in [-0.05, 0) is 23.8 Å². The molecule has 168 valence electrons. The summed E-state index contributed by atoms with van der Waals surface area (Å²) in [5.41, 5.74) is 2.48. The van der Waals surface area contributed by atoms with E-state index in [0.29, 0.717) is 30.4 Å². The second kappa shape index (κ2) is 9.88. The quantitative estimate of drug-likeness (QED) is 0.559. The summed E-state index contributed by atoms with van der Waals surface area (Å²) in [5.74, 6) is 0.467. The zero-order valence-corrected chi connectivity index (χ0v) is 18.1. The lowest BCUT2D eigenvalue weighted by Crippen LogP contribution is -2.48. The van der Waals surface area contributed by atoms with E-state index >= 15 is 0 Å². The van der Waals surface area contributed by atoms with Gasteiger partial charge in [0.15, 0.2) is 11.6 Å². The molecule has 3 aromatic rings. The Balaban J connectivity index is 1.31. The summed E-state index contributed by atoms with van der Waals surface area (Å²) in [6.07, 6.45) is 0. The molecule has 1 aliphatic heterocycles. The predicted octanol–water partition coefficient (Wildman–Crippen LogP) is 2.99. The summed E-state index contributed by atoms with van der Waals surface area (Å²) in [6, 6.07) is 12.2. The van der Waals surface area contributed by atoms with Gasteiger partial charge in [0, 0.05) is 51.0 Å². The van der Waals surface area contributed by atoms with Crippen molar-refractivity contribution in [2.24, 2.45) is 0 Å². The Morgan fingerprint density at radius 1 is 1.09 bits per heavy atom. The van der Waals surface area contributed by atoms with Gasteiger partial charge in [-0.1, -0.05) is 29.4 Å². The molecule has 0 saturated carbocycles. The summed E-state index contributed by atoms with van der Waals surface area (Å²) < 4.78 is 28.7. The Bertz CT molecular complexity index is 1060. The first-order chi connectivity index (χ1) is 15.6. The Labute approximate surface area is 185 Å². The number of rotatable bonds is 7. The number of aromatic nitrogens is 2. The largest absolute Gasteiger partial charge is 0.494 e. The molecule has 9 heteroatoms. The molecule has 1 fully saturated rings. The molecule has 0 N–H and O–H groups in total. The second-order valence-electron chi connectivity index (χ2n) is 7.56. The highest BCUT2D eigenvalue weighted by Gasteiger charge is 2.23. The minimum absolute atomic E-state index is 0.0775. The van der Waals surface area contributed by atoms with Crippen LogP contribution in [0.5, 0.6) is 5.75 Å². The predicted molar refractivity (Wildman–Crippen MR) is 115 cm³/mol. The third kappa shape index (κ3) is 4.95. The Kier molecular flexibility index (Phi) is 6.77. The van der Waals surface area contributed by atoms with E-state index < -0.39 is 5.82 Å². The van der Waals surface area contributed by atoms with Crippen LogP contribution >= 0.6 is 0 Å². The highest BCUT2D eigenvalue weighted by molar-refractivity contribution is 5.94. The van der Waals surface area contributed by atoms with Gasteiger partial charge in [0.2, 0.25) is 5.82 Å². The number of piperazine rings is 1. The molecule has 1 saturated heterocycles. The van der Waals surface area contributed by atoms with Gasteiger partial charge in [-0.25, -0.2) is 4.39 Å². The first-order valence-electron chi connectivity index (χ1n) is 10.3. The molecule has 2 heterocycles. The molecule has 4 rings (SSSR count). The fourth-order valence-electron chi connectivity index (χ4n) is 3.66. The van der Waals surface area contributed by atoms with Gasteiger partial charge in [0.1, 0.15) is 6.61 Å². The molecule has 1 amide bonds. The molecule has 0 atom stereocenters. The van der Waals surface area contributed by atoms with Crippen LogP contribution in [0.4, 0.5) is 4.39 Å². The van der Waals surface area contributed by atoms with Crippen LogP contribution in [0, 0.1) is 5.82 Å². The molecule has 0 bridgehead atoms. The molecule has 0 spiro atoms. The number of nitrogens with zero attached hydrogens (tertiary/aromatic N) is 4. The fraction of sp³-hybridized carbons (Fsp3) is 0.348. The zero-order chi connectivity index (χ0) is 22.5. The number of carbonyl (C=O) groups excluding carboxylic acids is 1. The van der Waals surface area contributed by atoms with E-state index in [-0.39, 0.29) is 18.3 Å². The average Bonchev–Trinajstić information content (AvgIpc) is 3.29. The summed E-state index contributed by atoms with van der Waals surface area (Å²) in [4.78, 5) is 21.2. The van der Waals surface area contributed by atoms with Gasteiger partial charge in [-0.3, -0.25) is 9.69 Å². The Morgan fingerprint density at radius 3 is 2.53 bits per heavy atom. The van der Waals surface area contributed by atoms with E-state index in [4.69, 9.17) is 14.0 Å². The van der Waals surface area contributed by atoms with Crippen LogP contribution in [-0.4, -0.2) is 66.2 Å². The second-order valence-corrected chi connectivity index (χ2v) is 7.56. The molecule has 8 nitrogen and oxygen atoms in total. The molecular formula is C23H25FN4O4. The van der Waals surface area contributed by atoms with E-state index in [1.165, 1.54) is 25.3 Å². The van der Waals surface area contributed by atoms with E-state index in [1.54, 1.807) is 12.0 Å². The van der Waals surface area contributed by atoms with Crippen molar-refractivity contribution in [3.63, 3.8) is 0 Å². The van der Waals surface area contributed by atoms with Crippen LogP contribution < -0.4 is 4.74 Å². The molecule has 1 aliphatic rings. The first kappa shape index (κ1) is 21.9. The van der Waals surface area contributed by atoms with Gasteiger partial charge >= 0.3 is 0 Å². The maximum atomic E-state index is 13.6. The molecule has 0 unspecified atom stereocenters. The maximum absolute atomic E-state index is 13.6. The summed E-state index contributed by atoms with van der Waals surface area (Å²) >= 11 is 0. The fourth-order valence-corrected chi connectivity index (χ4v) is 3.66. The first-order valence-corrected chi connectivity index (χ1v) is 10.3. The number of hydrogen-bond donors (Lipinski definition) is 0. The summed E-state index contributed by atoms with van der Waals surface area (Å²) in [6.45, 7) is 3.82. The minimum atomic E-state index is -0.477. The highest BCUT2D eigenvalue weighted by atomic mass is 19.1. The van der Waals surface area contributed by atoms with Crippen molar-refractivity contribution in [2.75, 3.05) is 40.4 Å². The SMILES string of the molecule is COCc1nc(-c2ccc(CN3CCN(C(=O)c4ccc(F)c(OC)c4)CC3)cc2)no1. The van der Waals surface area contributed by atoms with E-state index in [9.17, 15) is 9.18 Å². The molecule has 1 aromatic heterocycles. The standard InChI is InChI=1S/C23H25FN4O4/c1-30-15-21-25-22(26-32-21)17-5-3-16(4-6-17)14-27-9-11-28(12-10-27)23(29)18-7-8-19(24)20(13-18)31-2/h3-8,13H,9-12,14-15H2,1-2H3. The van der Waals surface area contributed by atoms with Crippen LogP contribution in [0.25, 0.3) is 11.4 Å². The number of carbonyl (C=O) groups is 1. The van der Waals surface area contributed by atoms with Crippen LogP contribution in [-0.2, 0) is 17.9 Å². The van der Waals surface area contributed by atoms with Gasteiger partial charge < -0.3 is 18.9 Å². The Hall–Kier alpha value is -3.30. The normalized spacial score (nSPS) is 14.5. The van der Waals surface area contributed by atoms with Crippen molar-refractivity contribution in [3.8, 4) is 17.1 Å². The number of amides is 1. The monoisotopic (exact) mass is 440 g/mol. The molecular weight excluding hydrogens is 415 g/mol. The van der Waals surface area contributed by atoms with Crippen molar-refractivity contribution in [1.29, 1.82) is 0 Å². The van der Waals surface area contributed by atoms with Gasteiger partial charge in [0.25, 0.3) is 11.8 Å². The molecule has 0 radical (unpaired) electrons. The number of benzene rings is 2. The Morgan fingerprint density at radius 2 is 1.84 bits per heavy atom. The number of hydrogen-bond acceptors (Lipinski definition) is 7. The van der Waals surface area contributed by atoms with Crippen molar-refractivity contribution >= 4 is 5.91 Å². The highest BCUT2D eigenvalue weighted by Crippen LogP contribution is 2.21. The zero-order valence-electron chi connectivity index (χ0n) is 18.1. The van der Waals surface area contributed by atoms with Crippen LogP contribution in [0.3, 0.4) is 0 Å². The van der Waals surface area contributed by atoms with Crippen molar-refractivity contribution < 1.29 is 23.2 Å². The average molecular weight is 440 g/mol. The van der Waals surface area contributed by atoms with Crippen molar-refractivity contribution in [2.45, 2.75) is 13.2 Å². The third-order valence-corrected chi connectivity index (χ3v) is 5.41. The van der Waals surface area contributed by atoms with Crippen LogP contribution in [0.2, 0.25) is 0 Å². The molecule has 32 heavy (non-hydrogen) atoms. The van der Waals surface area contributed by atoms with Crippen LogP contribution in [0.15, 0.2) is 47.0 Å². The minimum Gasteiger partial charge on any atom is -0.494 e. The van der Waals surface area contributed by atoms with E-state index in [1.807, 2.05) is 24.3 Å². The maximum Gasteiger partial charge on any atom is 0.254 e. The van der Waals surface area contributed by atoms with Crippen molar-refractivity contribution in [1.82, 2.24) is 19.9 Å². The van der Waals surface area contributed by atoms with E-state index in [2.05, 4.69) is 15.0 Å². The topological polar surface area (TPSA) is 80.9 Å². The summed E-state index contributed by atoms with van der Waals surface area (Å²) in [5, 5.41) is 3.97. The lowest BCUT2D eigenvalue weighted by molar-refractivity contribution is 0.0628. The lowest BCUT2D eigenvalue weighted by Gasteiger charge is -2.34. The number of ether oxygens (including phenoxy) is 2. The molecule has 2 aromatic carbocycles. The van der Waals surface area contributed by atoms with Crippen molar-refractivity contribution in [3.05, 3.63) is 65.3 Å².